The third kappa shape index (κ3) is 5.02. The Labute approximate surface area is 257 Å². The number of anilines is 1. The fourth-order valence-electron chi connectivity index (χ4n) is 7.45. The molecule has 0 saturated carbocycles. The monoisotopic (exact) mass is 594 g/mol. The Morgan fingerprint density at radius 2 is 1.82 bits per heavy atom. The lowest BCUT2D eigenvalue weighted by molar-refractivity contribution is -0.155. The Hall–Kier alpha value is -4.27. The lowest BCUT2D eigenvalue weighted by atomic mass is 9.70. The Kier molecular flexibility index (Phi) is 8.38. The molecule has 6 rings (SSSR count). The van der Waals surface area contributed by atoms with Crippen molar-refractivity contribution in [2.45, 2.75) is 49.5 Å². The number of ether oxygens (including phenoxy) is 2. The van der Waals surface area contributed by atoms with Crippen LogP contribution in [0.15, 0.2) is 98.1 Å². The maximum absolute atomic E-state index is 14.9. The first-order valence-electron chi connectivity index (χ1n) is 15.3. The molecule has 44 heavy (non-hydrogen) atoms. The molecule has 3 aliphatic rings. The van der Waals surface area contributed by atoms with Gasteiger partial charge in [-0.05, 0) is 54.2 Å². The normalized spacial score (nSPS) is 25.9. The van der Waals surface area contributed by atoms with E-state index in [0.717, 1.165) is 16.3 Å². The molecule has 3 fully saturated rings. The first-order valence-corrected chi connectivity index (χ1v) is 15.3. The van der Waals surface area contributed by atoms with Crippen LogP contribution < -0.4 is 4.90 Å². The van der Waals surface area contributed by atoms with Gasteiger partial charge in [0, 0.05) is 12.2 Å². The van der Waals surface area contributed by atoms with Crippen LogP contribution in [0.1, 0.15) is 24.8 Å². The van der Waals surface area contributed by atoms with Crippen LogP contribution in [0, 0.1) is 11.8 Å². The number of likely N-dealkylation sites (tertiary alicyclic amines) is 1. The number of benzene rings is 3. The molecule has 2 amide bonds. The second-order valence-electron chi connectivity index (χ2n) is 11.8. The van der Waals surface area contributed by atoms with E-state index in [1.54, 1.807) is 17.1 Å². The summed E-state index contributed by atoms with van der Waals surface area (Å²) in [6, 6.07) is 21.5. The van der Waals surface area contributed by atoms with Gasteiger partial charge in [0.25, 0.3) is 5.91 Å². The Morgan fingerprint density at radius 3 is 2.55 bits per heavy atom. The van der Waals surface area contributed by atoms with Crippen molar-refractivity contribution in [1.82, 2.24) is 4.90 Å². The van der Waals surface area contributed by atoms with Gasteiger partial charge in [0.15, 0.2) is 0 Å². The van der Waals surface area contributed by atoms with Gasteiger partial charge in [-0.1, -0.05) is 72.8 Å². The number of hydrogen-bond acceptors (Lipinski definition) is 6. The van der Waals surface area contributed by atoms with Crippen LogP contribution in [0.5, 0.6) is 0 Å². The molecule has 6 atom stereocenters. The first kappa shape index (κ1) is 29.8. The summed E-state index contributed by atoms with van der Waals surface area (Å²) in [6.45, 7) is 7.60. The number of rotatable bonds is 12. The molecule has 3 aliphatic heterocycles. The fraction of sp³-hybridized carbons (Fsp3) is 0.361. The molecular weight excluding hydrogens is 556 g/mol. The number of fused-ring (bicyclic) bond motifs is 2. The minimum Gasteiger partial charge on any atom is -0.465 e. The van der Waals surface area contributed by atoms with Gasteiger partial charge in [-0.15, -0.1) is 13.2 Å². The van der Waals surface area contributed by atoms with Crippen molar-refractivity contribution in [3.05, 3.63) is 104 Å². The highest BCUT2D eigenvalue weighted by Crippen LogP contribution is 2.59. The molecule has 3 saturated heterocycles. The number of nitrogens with zero attached hydrogens (tertiary/aromatic N) is 2. The van der Waals surface area contributed by atoms with Crippen molar-refractivity contribution in [3.8, 4) is 0 Å². The highest BCUT2D eigenvalue weighted by molar-refractivity contribution is 6.05. The second-order valence-corrected chi connectivity index (χ2v) is 11.8. The van der Waals surface area contributed by atoms with E-state index in [2.05, 4.69) is 13.2 Å². The van der Waals surface area contributed by atoms with E-state index in [1.165, 1.54) is 4.90 Å². The average Bonchev–Trinajstić information content (AvgIpc) is 3.70. The van der Waals surface area contributed by atoms with Crippen molar-refractivity contribution >= 4 is 34.2 Å². The maximum atomic E-state index is 14.9. The van der Waals surface area contributed by atoms with Gasteiger partial charge in [-0.25, -0.2) is 0 Å². The van der Waals surface area contributed by atoms with E-state index in [1.807, 2.05) is 72.8 Å². The third-order valence-electron chi connectivity index (χ3n) is 9.35. The fourth-order valence-corrected chi connectivity index (χ4v) is 7.45. The number of esters is 1. The van der Waals surface area contributed by atoms with Crippen molar-refractivity contribution in [2.75, 3.05) is 24.7 Å². The van der Waals surface area contributed by atoms with Gasteiger partial charge in [-0.3, -0.25) is 14.4 Å². The van der Waals surface area contributed by atoms with E-state index >= 15 is 0 Å². The SMILES string of the molecule is C=CCCOC(=O)[C@@H]1[C@@H]2CCC3(O2)C(C(=O)N(CC=C)c2ccc4ccccc4c2)N([C@@H](CO)Cc2ccccc2)C(=O)[C@H]13. The lowest BCUT2D eigenvalue weighted by Crippen LogP contribution is -2.59. The van der Waals surface area contributed by atoms with Gasteiger partial charge in [0.1, 0.15) is 11.6 Å². The number of aliphatic hydroxyl groups is 1. The highest BCUT2D eigenvalue weighted by atomic mass is 16.6. The second kappa shape index (κ2) is 12.4. The topological polar surface area (TPSA) is 96.4 Å². The van der Waals surface area contributed by atoms with Crippen LogP contribution in [0.2, 0.25) is 0 Å². The summed E-state index contributed by atoms with van der Waals surface area (Å²) in [6.07, 6.45) is 4.61. The van der Waals surface area contributed by atoms with E-state index in [4.69, 9.17) is 9.47 Å². The summed E-state index contributed by atoms with van der Waals surface area (Å²) in [5.74, 6) is -2.90. The van der Waals surface area contributed by atoms with Gasteiger partial charge in [0.05, 0.1) is 37.2 Å². The first-order chi connectivity index (χ1) is 21.4. The summed E-state index contributed by atoms with van der Waals surface area (Å²) < 4.78 is 12.2. The molecule has 3 aromatic rings. The zero-order valence-corrected chi connectivity index (χ0v) is 24.7. The smallest absolute Gasteiger partial charge is 0.312 e. The summed E-state index contributed by atoms with van der Waals surface area (Å²) in [7, 11) is 0. The number of carbonyl (C=O) groups is 3. The molecule has 1 spiro atoms. The molecule has 0 radical (unpaired) electrons. The minimum atomic E-state index is -1.22. The summed E-state index contributed by atoms with van der Waals surface area (Å²) in [4.78, 5) is 46.0. The molecule has 3 aromatic carbocycles. The molecule has 0 aromatic heterocycles. The van der Waals surface area contributed by atoms with Crippen LogP contribution in [0.3, 0.4) is 0 Å². The quantitative estimate of drug-likeness (QED) is 0.189. The van der Waals surface area contributed by atoms with Crippen LogP contribution in [0.25, 0.3) is 10.8 Å². The molecule has 0 aliphatic carbocycles. The average molecular weight is 595 g/mol. The van der Waals surface area contributed by atoms with E-state index in [0.29, 0.717) is 31.4 Å². The third-order valence-corrected chi connectivity index (χ3v) is 9.35. The Morgan fingerprint density at radius 1 is 1.07 bits per heavy atom. The standard InChI is InChI=1S/C36H38N2O6/c1-3-5-20-43-35(42)30-29-17-18-36(44-29)31(30)33(40)38(28(23-39)21-24-11-7-6-8-12-24)32(36)34(41)37(19-4-2)27-16-15-25-13-9-10-14-26(25)22-27/h3-4,6-16,22,28-32,39H,1-2,5,17-21,23H2/t28-,29+,30-,31+,32?,36?/m1/s1. The van der Waals surface area contributed by atoms with E-state index in [-0.39, 0.29) is 31.6 Å². The zero-order valence-electron chi connectivity index (χ0n) is 24.7. The predicted molar refractivity (Wildman–Crippen MR) is 168 cm³/mol. The van der Waals surface area contributed by atoms with Crippen LogP contribution in [0.4, 0.5) is 5.69 Å². The van der Waals surface area contributed by atoms with Crippen molar-refractivity contribution in [2.24, 2.45) is 11.8 Å². The van der Waals surface area contributed by atoms with Crippen LogP contribution >= 0.6 is 0 Å². The number of aliphatic hydroxyl groups excluding tert-OH is 1. The molecule has 2 bridgehead atoms. The van der Waals surface area contributed by atoms with Crippen LogP contribution in [-0.4, -0.2) is 71.3 Å². The largest absolute Gasteiger partial charge is 0.465 e. The van der Waals surface area contributed by atoms with E-state index in [9.17, 15) is 19.5 Å². The van der Waals surface area contributed by atoms with Crippen molar-refractivity contribution in [3.63, 3.8) is 0 Å². The maximum Gasteiger partial charge on any atom is 0.312 e. The van der Waals surface area contributed by atoms with E-state index < -0.39 is 41.6 Å². The number of amides is 2. The highest BCUT2D eigenvalue weighted by Gasteiger charge is 2.75. The zero-order chi connectivity index (χ0) is 30.8. The summed E-state index contributed by atoms with van der Waals surface area (Å²) in [5, 5.41) is 12.7. The van der Waals surface area contributed by atoms with Gasteiger partial charge in [0.2, 0.25) is 5.91 Å². The molecule has 8 heteroatoms. The Balaban J connectivity index is 1.43. The molecule has 8 nitrogen and oxygen atoms in total. The Bertz CT molecular complexity index is 1570. The van der Waals surface area contributed by atoms with Gasteiger partial charge >= 0.3 is 5.97 Å². The molecular formula is C36H38N2O6. The molecule has 3 heterocycles. The molecule has 1 N–H and O–H groups in total. The van der Waals surface area contributed by atoms with Crippen LogP contribution in [-0.2, 0) is 30.3 Å². The van der Waals surface area contributed by atoms with Gasteiger partial charge < -0.3 is 24.4 Å². The minimum absolute atomic E-state index is 0.161. The van der Waals surface area contributed by atoms with Crippen molar-refractivity contribution < 1.29 is 29.0 Å². The lowest BCUT2D eigenvalue weighted by Gasteiger charge is -2.39. The molecule has 2 unspecified atom stereocenters. The number of hydrogen-bond donors (Lipinski definition) is 1. The number of carbonyl (C=O) groups excluding carboxylic acids is 3. The predicted octanol–water partition coefficient (Wildman–Crippen LogP) is 4.46. The van der Waals surface area contributed by atoms with Crippen molar-refractivity contribution in [1.29, 1.82) is 0 Å². The summed E-state index contributed by atoms with van der Waals surface area (Å²) >= 11 is 0. The van der Waals surface area contributed by atoms with Gasteiger partial charge in [-0.2, -0.15) is 0 Å². The molecule has 228 valence electrons. The summed E-state index contributed by atoms with van der Waals surface area (Å²) in [5.41, 5.74) is 0.363.